The van der Waals surface area contributed by atoms with Crippen molar-refractivity contribution in [1.82, 2.24) is 10.6 Å². The highest BCUT2D eigenvalue weighted by atomic mass is 32.2. The molecule has 2 aliphatic rings. The summed E-state index contributed by atoms with van der Waals surface area (Å²) in [6.45, 7) is -0.0610. The van der Waals surface area contributed by atoms with Crippen molar-refractivity contribution in [3.63, 3.8) is 0 Å². The lowest BCUT2D eigenvalue weighted by Crippen LogP contribution is -2.54. The lowest BCUT2D eigenvalue weighted by molar-refractivity contribution is -0.216. The maximum Gasteiger partial charge on any atom is 0.404 e. The number of hydrogen-bond donors (Lipinski definition) is 2. The Morgan fingerprint density at radius 2 is 2.24 bits per heavy atom. The lowest BCUT2D eigenvalue weighted by atomic mass is 9.85. The Hall–Kier alpha value is -0.430. The van der Waals surface area contributed by atoms with Gasteiger partial charge in [0.25, 0.3) is 0 Å². The lowest BCUT2D eigenvalue weighted by Gasteiger charge is -2.30. The van der Waals surface area contributed by atoms with Crippen LogP contribution in [0.25, 0.3) is 0 Å². The van der Waals surface area contributed by atoms with E-state index in [1.54, 1.807) is 11.8 Å². The molecule has 2 N–H and O–H groups in total. The van der Waals surface area contributed by atoms with Gasteiger partial charge >= 0.3 is 6.18 Å². The molecule has 2 rings (SSSR count). The Morgan fingerprint density at radius 1 is 1.47 bits per heavy atom. The minimum Gasteiger partial charge on any atom is -0.352 e. The molecule has 2 fully saturated rings. The van der Waals surface area contributed by atoms with Gasteiger partial charge in [-0.05, 0) is 25.1 Å². The number of carbonyl (C=O) groups is 1. The molecule has 2 heterocycles. The summed E-state index contributed by atoms with van der Waals surface area (Å²) < 4.78 is 39.1. The zero-order valence-electron chi connectivity index (χ0n) is 9.27. The van der Waals surface area contributed by atoms with Crippen LogP contribution in [0.1, 0.15) is 12.8 Å². The largest absolute Gasteiger partial charge is 0.404 e. The van der Waals surface area contributed by atoms with E-state index in [9.17, 15) is 18.0 Å². The fourth-order valence-electron chi connectivity index (χ4n) is 2.23. The normalized spacial score (nSPS) is 33.9. The topological polar surface area (TPSA) is 41.1 Å². The maximum absolute atomic E-state index is 13.0. The third-order valence-electron chi connectivity index (χ3n) is 3.40. The Bertz CT molecular complexity index is 296. The van der Waals surface area contributed by atoms with E-state index in [4.69, 9.17) is 0 Å². The van der Waals surface area contributed by atoms with Gasteiger partial charge in [0.15, 0.2) is 5.41 Å². The minimum absolute atomic E-state index is 0.104. The molecule has 0 radical (unpaired) electrons. The Morgan fingerprint density at radius 3 is 2.71 bits per heavy atom. The second-order valence-electron chi connectivity index (χ2n) is 4.54. The molecule has 0 aromatic rings. The molecule has 0 aromatic carbocycles. The van der Waals surface area contributed by atoms with Gasteiger partial charge in [-0.25, -0.2) is 0 Å². The minimum atomic E-state index is -4.48. The van der Waals surface area contributed by atoms with E-state index in [1.807, 2.05) is 0 Å². The van der Waals surface area contributed by atoms with Gasteiger partial charge in [0.1, 0.15) is 0 Å². The van der Waals surface area contributed by atoms with E-state index in [0.29, 0.717) is 5.75 Å². The van der Waals surface area contributed by atoms with Crippen LogP contribution in [-0.2, 0) is 4.79 Å². The average molecular weight is 268 g/mol. The molecule has 3 nitrogen and oxygen atoms in total. The first-order valence-electron chi connectivity index (χ1n) is 5.62. The van der Waals surface area contributed by atoms with Crippen LogP contribution in [0.15, 0.2) is 0 Å². The van der Waals surface area contributed by atoms with Crippen molar-refractivity contribution in [1.29, 1.82) is 0 Å². The van der Waals surface area contributed by atoms with Gasteiger partial charge < -0.3 is 10.6 Å². The fourth-order valence-corrected chi connectivity index (χ4v) is 3.38. The van der Waals surface area contributed by atoms with Crippen molar-refractivity contribution in [2.75, 3.05) is 24.6 Å². The summed E-state index contributed by atoms with van der Waals surface area (Å²) >= 11 is 1.66. The molecule has 0 saturated carbocycles. The summed E-state index contributed by atoms with van der Waals surface area (Å²) in [4.78, 5) is 11.9. The quantitative estimate of drug-likeness (QED) is 0.789. The highest BCUT2D eigenvalue weighted by molar-refractivity contribution is 7.99. The number of carbonyl (C=O) groups excluding carboxylic acids is 1. The number of thioether (sulfide) groups is 1. The number of hydrogen-bond acceptors (Lipinski definition) is 3. The molecular formula is C10H15F3N2OS. The molecule has 0 aliphatic carbocycles. The average Bonchev–Trinajstić information content (AvgIpc) is 2.85. The Labute approximate surface area is 102 Å². The molecule has 17 heavy (non-hydrogen) atoms. The number of halogens is 3. The van der Waals surface area contributed by atoms with E-state index >= 15 is 0 Å². The zero-order chi connectivity index (χ0) is 12.5. The van der Waals surface area contributed by atoms with Crippen molar-refractivity contribution >= 4 is 17.7 Å². The molecule has 0 bridgehead atoms. The standard InChI is InChI=1S/C10H15F3N2OS/c11-10(12,13)9(2-3-14-6-9)8(16)15-7-1-4-17-5-7/h7,14H,1-6H2,(H,15,16). The summed E-state index contributed by atoms with van der Waals surface area (Å²) in [5.41, 5.74) is -2.22. The van der Waals surface area contributed by atoms with E-state index in [-0.39, 0.29) is 25.6 Å². The van der Waals surface area contributed by atoms with Crippen LogP contribution in [0.3, 0.4) is 0 Å². The van der Waals surface area contributed by atoms with Crippen LogP contribution >= 0.6 is 11.8 Å². The highest BCUT2D eigenvalue weighted by Crippen LogP contribution is 2.43. The Kier molecular flexibility index (Phi) is 3.58. The third kappa shape index (κ3) is 2.40. The van der Waals surface area contributed by atoms with E-state index in [1.165, 1.54) is 0 Å². The summed E-state index contributed by atoms with van der Waals surface area (Å²) in [6, 6.07) is -0.104. The second-order valence-corrected chi connectivity index (χ2v) is 5.69. The summed E-state index contributed by atoms with van der Waals surface area (Å²) in [5.74, 6) is 0.762. The predicted octanol–water partition coefficient (Wildman–Crippen LogP) is 1.15. The molecule has 0 aromatic heterocycles. The molecule has 98 valence electrons. The first-order chi connectivity index (χ1) is 7.96. The third-order valence-corrected chi connectivity index (χ3v) is 4.56. The van der Waals surface area contributed by atoms with Gasteiger partial charge in [-0.15, -0.1) is 0 Å². The summed E-state index contributed by atoms with van der Waals surface area (Å²) in [6.07, 6.45) is -3.88. The van der Waals surface area contributed by atoms with Gasteiger partial charge in [0.05, 0.1) is 0 Å². The van der Waals surface area contributed by atoms with Gasteiger partial charge in [-0.3, -0.25) is 4.79 Å². The molecule has 2 saturated heterocycles. The molecule has 0 spiro atoms. The van der Waals surface area contributed by atoms with Gasteiger partial charge in [-0.1, -0.05) is 0 Å². The van der Waals surface area contributed by atoms with Crippen LogP contribution in [-0.4, -0.2) is 42.7 Å². The van der Waals surface area contributed by atoms with E-state index < -0.39 is 17.5 Å². The molecule has 2 atom stereocenters. The van der Waals surface area contributed by atoms with Crippen LogP contribution < -0.4 is 10.6 Å². The number of alkyl halides is 3. The molecule has 1 amide bonds. The van der Waals surface area contributed by atoms with Crippen molar-refractivity contribution in [3.8, 4) is 0 Å². The van der Waals surface area contributed by atoms with Crippen molar-refractivity contribution < 1.29 is 18.0 Å². The first-order valence-corrected chi connectivity index (χ1v) is 6.77. The van der Waals surface area contributed by atoms with Gasteiger partial charge in [0.2, 0.25) is 5.91 Å². The first kappa shape index (κ1) is 13.0. The SMILES string of the molecule is O=C(NC1CCSC1)C1(C(F)(F)F)CCNC1. The van der Waals surface area contributed by atoms with Crippen LogP contribution in [0, 0.1) is 5.41 Å². The molecule has 2 unspecified atom stereocenters. The highest BCUT2D eigenvalue weighted by Gasteiger charge is 2.61. The zero-order valence-corrected chi connectivity index (χ0v) is 10.1. The summed E-state index contributed by atoms with van der Waals surface area (Å²) in [7, 11) is 0. The van der Waals surface area contributed by atoms with E-state index in [2.05, 4.69) is 10.6 Å². The Balaban J connectivity index is 2.08. The maximum atomic E-state index is 13.0. The van der Waals surface area contributed by atoms with Gasteiger partial charge in [-0.2, -0.15) is 24.9 Å². The second kappa shape index (κ2) is 4.68. The molecular weight excluding hydrogens is 253 g/mol. The van der Waals surface area contributed by atoms with Crippen molar-refractivity contribution in [3.05, 3.63) is 0 Å². The van der Waals surface area contributed by atoms with Crippen LogP contribution in [0.4, 0.5) is 13.2 Å². The van der Waals surface area contributed by atoms with Gasteiger partial charge in [0, 0.05) is 18.3 Å². The van der Waals surface area contributed by atoms with E-state index in [0.717, 1.165) is 12.2 Å². The van der Waals surface area contributed by atoms with Crippen molar-refractivity contribution in [2.45, 2.75) is 25.1 Å². The summed E-state index contributed by atoms with van der Waals surface area (Å²) in [5, 5.41) is 5.19. The predicted molar refractivity (Wildman–Crippen MR) is 59.8 cm³/mol. The number of rotatable bonds is 2. The fraction of sp³-hybridized carbons (Fsp3) is 0.900. The molecule has 2 aliphatic heterocycles. The number of amides is 1. The van der Waals surface area contributed by atoms with Crippen LogP contribution in [0.2, 0.25) is 0 Å². The monoisotopic (exact) mass is 268 g/mol. The van der Waals surface area contributed by atoms with Crippen molar-refractivity contribution in [2.24, 2.45) is 5.41 Å². The number of nitrogens with one attached hydrogen (secondary N) is 2. The molecule has 7 heteroatoms. The smallest absolute Gasteiger partial charge is 0.352 e. The van der Waals surface area contributed by atoms with Crippen LogP contribution in [0.5, 0.6) is 0 Å².